The standard InChI is InChI=1S/C9H17F2O3P/c1-4-7-8-9(10,11)15(12,13-5-2)14-6-3/h4,7H,5-6,8H2,1-3H3/b7-4+. The first-order chi connectivity index (χ1) is 6.93. The summed E-state index contributed by atoms with van der Waals surface area (Å²) in [6.45, 7) is 4.47. The van der Waals surface area contributed by atoms with Crippen molar-refractivity contribution in [1.82, 2.24) is 0 Å². The molecule has 0 heterocycles. The summed E-state index contributed by atoms with van der Waals surface area (Å²) in [5, 5.41) is 0. The first kappa shape index (κ1) is 14.8. The van der Waals surface area contributed by atoms with E-state index in [4.69, 9.17) is 0 Å². The smallest absolute Gasteiger partial charge is 0.305 e. The summed E-state index contributed by atoms with van der Waals surface area (Å²) in [7, 11) is -4.34. The highest BCUT2D eigenvalue weighted by Crippen LogP contribution is 2.63. The minimum Gasteiger partial charge on any atom is -0.305 e. The van der Waals surface area contributed by atoms with Crippen molar-refractivity contribution in [1.29, 1.82) is 0 Å². The van der Waals surface area contributed by atoms with Crippen molar-refractivity contribution in [3.05, 3.63) is 12.2 Å². The minimum atomic E-state index is -4.34. The van der Waals surface area contributed by atoms with Gasteiger partial charge in [0.25, 0.3) is 0 Å². The number of hydrogen-bond donors (Lipinski definition) is 0. The van der Waals surface area contributed by atoms with Gasteiger partial charge in [0.15, 0.2) is 0 Å². The van der Waals surface area contributed by atoms with Crippen LogP contribution in [0.4, 0.5) is 8.78 Å². The van der Waals surface area contributed by atoms with E-state index in [1.807, 2.05) is 0 Å². The average molecular weight is 242 g/mol. The zero-order valence-corrected chi connectivity index (χ0v) is 10.1. The van der Waals surface area contributed by atoms with Gasteiger partial charge in [0, 0.05) is 6.42 Å². The van der Waals surface area contributed by atoms with Crippen LogP contribution in [0.15, 0.2) is 12.2 Å². The van der Waals surface area contributed by atoms with Gasteiger partial charge in [-0.15, -0.1) is 0 Å². The molecular formula is C9H17F2O3P. The molecule has 0 aromatic rings. The highest BCUT2D eigenvalue weighted by Gasteiger charge is 2.52. The number of rotatable bonds is 7. The summed E-state index contributed by atoms with van der Waals surface area (Å²) >= 11 is 0. The second-order valence-corrected chi connectivity index (χ2v) is 4.94. The third-order valence-electron chi connectivity index (χ3n) is 1.60. The van der Waals surface area contributed by atoms with Crippen LogP contribution in [0.25, 0.3) is 0 Å². The molecule has 0 aliphatic rings. The summed E-state index contributed by atoms with van der Waals surface area (Å²) in [6, 6.07) is 0. The Bertz CT molecular complexity index is 244. The van der Waals surface area contributed by atoms with Crippen molar-refractivity contribution in [3.8, 4) is 0 Å². The SMILES string of the molecule is C/C=C/CC(F)(F)P(=O)(OCC)OCC. The maximum atomic E-state index is 13.5. The highest BCUT2D eigenvalue weighted by atomic mass is 31.2. The number of alkyl halides is 2. The van der Waals surface area contributed by atoms with Gasteiger partial charge < -0.3 is 9.05 Å². The molecule has 0 aromatic carbocycles. The molecule has 0 saturated carbocycles. The predicted octanol–water partition coefficient (Wildman–Crippen LogP) is 3.81. The second-order valence-electron chi connectivity index (χ2n) is 2.77. The lowest BCUT2D eigenvalue weighted by atomic mass is 10.4. The van der Waals surface area contributed by atoms with Crippen molar-refractivity contribution in [2.24, 2.45) is 0 Å². The fourth-order valence-corrected chi connectivity index (χ4v) is 2.40. The molecule has 15 heavy (non-hydrogen) atoms. The summed E-state index contributed by atoms with van der Waals surface area (Å²) in [6.07, 6.45) is 2.07. The highest BCUT2D eigenvalue weighted by molar-refractivity contribution is 7.55. The molecule has 0 unspecified atom stereocenters. The molecule has 0 spiro atoms. The van der Waals surface area contributed by atoms with E-state index in [1.54, 1.807) is 6.92 Å². The maximum Gasteiger partial charge on any atom is 0.399 e. The molecule has 0 atom stereocenters. The van der Waals surface area contributed by atoms with Crippen LogP contribution >= 0.6 is 7.60 Å². The molecule has 90 valence electrons. The van der Waals surface area contributed by atoms with Gasteiger partial charge in [-0.2, -0.15) is 8.78 Å². The summed E-state index contributed by atoms with van der Waals surface area (Å²) < 4.78 is 47.8. The van der Waals surface area contributed by atoms with Crippen LogP contribution in [0.2, 0.25) is 0 Å². The van der Waals surface area contributed by atoms with E-state index in [0.29, 0.717) is 0 Å². The molecule has 6 heteroatoms. The van der Waals surface area contributed by atoms with E-state index in [0.717, 1.165) is 0 Å². The lowest BCUT2D eigenvalue weighted by Gasteiger charge is -2.24. The molecule has 0 saturated heterocycles. The van der Waals surface area contributed by atoms with Crippen molar-refractivity contribution in [3.63, 3.8) is 0 Å². The third kappa shape index (κ3) is 4.01. The molecule has 0 aromatic heterocycles. The first-order valence-electron chi connectivity index (χ1n) is 4.81. The zero-order valence-electron chi connectivity index (χ0n) is 9.20. The van der Waals surface area contributed by atoms with Gasteiger partial charge in [-0.1, -0.05) is 12.2 Å². The maximum absolute atomic E-state index is 13.5. The normalized spacial score (nSPS) is 13.7. The summed E-state index contributed by atoms with van der Waals surface area (Å²) in [5.41, 5.74) is -3.47. The monoisotopic (exact) mass is 242 g/mol. The summed E-state index contributed by atoms with van der Waals surface area (Å²) in [5.74, 6) is 0. The molecule has 0 aliphatic carbocycles. The van der Waals surface area contributed by atoms with E-state index in [9.17, 15) is 13.3 Å². The van der Waals surface area contributed by atoms with Crippen LogP contribution in [0.3, 0.4) is 0 Å². The van der Waals surface area contributed by atoms with E-state index in [2.05, 4.69) is 9.05 Å². The largest absolute Gasteiger partial charge is 0.399 e. The molecule has 0 rings (SSSR count). The fourth-order valence-electron chi connectivity index (χ4n) is 0.938. The molecule has 3 nitrogen and oxygen atoms in total. The third-order valence-corrected chi connectivity index (χ3v) is 3.78. The lowest BCUT2D eigenvalue weighted by Crippen LogP contribution is -2.19. The molecule has 0 aliphatic heterocycles. The van der Waals surface area contributed by atoms with E-state index < -0.39 is 19.7 Å². The second kappa shape index (κ2) is 6.36. The van der Waals surface area contributed by atoms with E-state index >= 15 is 0 Å². The predicted molar refractivity (Wildman–Crippen MR) is 55.2 cm³/mol. The Kier molecular flexibility index (Phi) is 6.25. The van der Waals surface area contributed by atoms with Gasteiger partial charge in [0.1, 0.15) is 0 Å². The van der Waals surface area contributed by atoms with Crippen molar-refractivity contribution in [2.75, 3.05) is 13.2 Å². The molecular weight excluding hydrogens is 225 g/mol. The van der Waals surface area contributed by atoms with Gasteiger partial charge in [0.2, 0.25) is 0 Å². The van der Waals surface area contributed by atoms with Gasteiger partial charge in [0.05, 0.1) is 13.2 Å². The van der Waals surface area contributed by atoms with Gasteiger partial charge in [-0.25, -0.2) is 0 Å². The van der Waals surface area contributed by atoms with Gasteiger partial charge in [-0.3, -0.25) is 4.57 Å². The van der Waals surface area contributed by atoms with E-state index in [-0.39, 0.29) is 13.2 Å². The number of hydrogen-bond acceptors (Lipinski definition) is 3. The molecule has 0 N–H and O–H groups in total. The van der Waals surface area contributed by atoms with Crippen LogP contribution < -0.4 is 0 Å². The Labute approximate surface area is 89.0 Å². The molecule has 0 amide bonds. The Morgan fingerprint density at radius 3 is 2.07 bits per heavy atom. The lowest BCUT2D eigenvalue weighted by molar-refractivity contribution is 0.0415. The van der Waals surface area contributed by atoms with Crippen molar-refractivity contribution < 1.29 is 22.4 Å². The zero-order chi connectivity index (χ0) is 11.9. The topological polar surface area (TPSA) is 35.5 Å². The van der Waals surface area contributed by atoms with Crippen LogP contribution in [0.1, 0.15) is 27.2 Å². The van der Waals surface area contributed by atoms with Crippen LogP contribution in [-0.2, 0) is 13.6 Å². The van der Waals surface area contributed by atoms with Gasteiger partial charge in [-0.05, 0) is 20.8 Å². The molecule has 0 bridgehead atoms. The Hall–Kier alpha value is -0.250. The van der Waals surface area contributed by atoms with Crippen LogP contribution in [0, 0.1) is 0 Å². The summed E-state index contributed by atoms with van der Waals surface area (Å²) in [4.78, 5) is 0. The Morgan fingerprint density at radius 2 is 1.73 bits per heavy atom. The molecule has 0 fully saturated rings. The Balaban J connectivity index is 4.79. The minimum absolute atomic E-state index is 0.0668. The number of halogens is 2. The van der Waals surface area contributed by atoms with Crippen LogP contribution in [0.5, 0.6) is 0 Å². The fraction of sp³-hybridized carbons (Fsp3) is 0.778. The van der Waals surface area contributed by atoms with Crippen molar-refractivity contribution >= 4 is 7.60 Å². The average Bonchev–Trinajstić information content (AvgIpc) is 2.15. The van der Waals surface area contributed by atoms with Gasteiger partial charge >= 0.3 is 13.3 Å². The quantitative estimate of drug-likeness (QED) is 0.503. The van der Waals surface area contributed by atoms with Crippen molar-refractivity contribution in [2.45, 2.75) is 32.9 Å². The number of allylic oxidation sites excluding steroid dienone is 2. The van der Waals surface area contributed by atoms with Crippen LogP contribution in [-0.4, -0.2) is 18.9 Å². The van der Waals surface area contributed by atoms with E-state index in [1.165, 1.54) is 26.0 Å². The first-order valence-corrected chi connectivity index (χ1v) is 6.36. The molecule has 0 radical (unpaired) electrons. The Morgan fingerprint density at radius 1 is 1.27 bits per heavy atom.